The van der Waals surface area contributed by atoms with E-state index in [-0.39, 0.29) is 23.0 Å². The van der Waals surface area contributed by atoms with Crippen molar-refractivity contribution in [3.63, 3.8) is 0 Å². The summed E-state index contributed by atoms with van der Waals surface area (Å²) in [5.74, 6) is -0.339. The number of amides is 1. The minimum absolute atomic E-state index is 0.0304. The lowest BCUT2D eigenvalue weighted by Crippen LogP contribution is -2.41. The lowest BCUT2D eigenvalue weighted by Gasteiger charge is -2.33. The summed E-state index contributed by atoms with van der Waals surface area (Å²) in [7, 11) is 1.58. The number of nitrogens with zero attached hydrogens (tertiary/aromatic N) is 3. The number of ether oxygens (including phenoxy) is 1. The van der Waals surface area contributed by atoms with Gasteiger partial charge in [-0.15, -0.1) is 0 Å². The van der Waals surface area contributed by atoms with Crippen molar-refractivity contribution < 1.29 is 19.0 Å². The van der Waals surface area contributed by atoms with E-state index in [9.17, 15) is 14.3 Å². The molecular weight excluding hydrogens is 463 g/mol. The van der Waals surface area contributed by atoms with Crippen LogP contribution in [0.2, 0.25) is 0 Å². The monoisotopic (exact) mass is 494 g/mol. The third-order valence-corrected chi connectivity index (χ3v) is 5.99. The molecule has 0 spiro atoms. The number of anilines is 4. The van der Waals surface area contributed by atoms with Gasteiger partial charge < -0.3 is 26.2 Å². The van der Waals surface area contributed by atoms with Gasteiger partial charge in [0.25, 0.3) is 5.91 Å². The number of para-hydroxylation sites is 1. The predicted molar refractivity (Wildman–Crippen MR) is 137 cm³/mol. The van der Waals surface area contributed by atoms with E-state index < -0.39 is 17.3 Å². The maximum Gasteiger partial charge on any atom is 0.254 e. The van der Waals surface area contributed by atoms with Crippen molar-refractivity contribution in [1.82, 2.24) is 14.9 Å². The molecule has 2 aromatic carbocycles. The van der Waals surface area contributed by atoms with Gasteiger partial charge in [0.15, 0.2) is 0 Å². The Morgan fingerprint density at radius 1 is 1.28 bits per heavy atom. The van der Waals surface area contributed by atoms with Crippen LogP contribution in [0.15, 0.2) is 36.5 Å². The van der Waals surface area contributed by atoms with Crippen LogP contribution in [0.3, 0.4) is 0 Å². The van der Waals surface area contributed by atoms with Crippen molar-refractivity contribution in [3.05, 3.63) is 64.6 Å². The number of primary amides is 1. The average Bonchev–Trinajstić information content (AvgIpc) is 2.80. The number of carbonyl (C=O) groups is 1. The third-order valence-electron chi connectivity index (χ3n) is 5.99. The summed E-state index contributed by atoms with van der Waals surface area (Å²) >= 11 is 0. The van der Waals surface area contributed by atoms with Crippen LogP contribution >= 0.6 is 0 Å². The summed E-state index contributed by atoms with van der Waals surface area (Å²) in [4.78, 5) is 22.8. The summed E-state index contributed by atoms with van der Waals surface area (Å²) in [5.41, 5.74) is 8.50. The zero-order chi connectivity index (χ0) is 26.0. The highest BCUT2D eigenvalue weighted by molar-refractivity contribution is 5.98. The molecule has 36 heavy (non-hydrogen) atoms. The first-order chi connectivity index (χ1) is 17.0. The van der Waals surface area contributed by atoms with Gasteiger partial charge in [-0.05, 0) is 62.1 Å². The Labute approximate surface area is 209 Å². The van der Waals surface area contributed by atoms with Gasteiger partial charge in [-0.3, -0.25) is 9.69 Å². The Morgan fingerprint density at radius 2 is 2.06 bits per heavy atom. The Kier molecular flexibility index (Phi) is 7.09. The lowest BCUT2D eigenvalue weighted by molar-refractivity contribution is 0.0317. The number of benzene rings is 2. The molecule has 0 unspecified atom stereocenters. The molecule has 1 aromatic heterocycles. The Balaban J connectivity index is 1.65. The quantitative estimate of drug-likeness (QED) is 0.374. The second-order valence-corrected chi connectivity index (χ2v) is 9.60. The molecule has 0 bridgehead atoms. The summed E-state index contributed by atoms with van der Waals surface area (Å²) in [6, 6.07) is 8.62. The number of hydrogen-bond donors (Lipinski definition) is 4. The van der Waals surface area contributed by atoms with Crippen molar-refractivity contribution >= 4 is 29.0 Å². The molecular formula is C26H31FN6O3. The Bertz CT molecular complexity index is 1270. The second-order valence-electron chi connectivity index (χ2n) is 9.60. The van der Waals surface area contributed by atoms with E-state index in [0.29, 0.717) is 30.1 Å². The molecule has 190 valence electrons. The van der Waals surface area contributed by atoms with Crippen LogP contribution < -0.4 is 21.1 Å². The van der Waals surface area contributed by atoms with E-state index in [4.69, 9.17) is 10.5 Å². The van der Waals surface area contributed by atoms with E-state index in [1.54, 1.807) is 40.0 Å². The smallest absolute Gasteiger partial charge is 0.254 e. The van der Waals surface area contributed by atoms with E-state index in [0.717, 1.165) is 18.5 Å². The highest BCUT2D eigenvalue weighted by Crippen LogP contribution is 2.34. The molecule has 1 amide bonds. The van der Waals surface area contributed by atoms with E-state index >= 15 is 0 Å². The molecule has 0 saturated heterocycles. The van der Waals surface area contributed by atoms with Crippen molar-refractivity contribution in [2.75, 3.05) is 30.8 Å². The fourth-order valence-corrected chi connectivity index (χ4v) is 4.34. The first-order valence-electron chi connectivity index (χ1n) is 11.6. The fourth-order valence-electron chi connectivity index (χ4n) is 4.34. The predicted octanol–water partition coefficient (Wildman–Crippen LogP) is 3.65. The van der Waals surface area contributed by atoms with Crippen molar-refractivity contribution in [2.45, 2.75) is 39.3 Å². The first kappa shape index (κ1) is 25.3. The van der Waals surface area contributed by atoms with Gasteiger partial charge in [0.1, 0.15) is 22.9 Å². The lowest BCUT2D eigenvalue weighted by atomic mass is 9.97. The summed E-state index contributed by atoms with van der Waals surface area (Å²) in [6.07, 6.45) is 2.13. The van der Waals surface area contributed by atoms with Crippen molar-refractivity contribution in [1.29, 1.82) is 0 Å². The zero-order valence-electron chi connectivity index (χ0n) is 20.9. The number of aliphatic hydroxyl groups is 1. The number of nitrogens with one attached hydrogen (secondary N) is 2. The minimum Gasteiger partial charge on any atom is -0.495 e. The maximum atomic E-state index is 14.4. The number of aromatic nitrogens is 2. The average molecular weight is 495 g/mol. The van der Waals surface area contributed by atoms with Crippen LogP contribution in [0.1, 0.15) is 40.9 Å². The largest absolute Gasteiger partial charge is 0.495 e. The van der Waals surface area contributed by atoms with Gasteiger partial charge in [-0.1, -0.05) is 12.1 Å². The SMILES string of the molecule is COc1cc2c(cc1Nc1ncc(C(N)=O)c(Nc3c(C)cccc3F)n1)CN(CC(C)(C)O)CC2. The number of halogens is 1. The van der Waals surface area contributed by atoms with Crippen molar-refractivity contribution in [3.8, 4) is 5.75 Å². The summed E-state index contributed by atoms with van der Waals surface area (Å²) in [5, 5.41) is 16.3. The molecule has 0 radical (unpaired) electrons. The molecule has 0 fully saturated rings. The number of fused-ring (bicyclic) bond motifs is 1. The van der Waals surface area contributed by atoms with Crippen LogP contribution in [0.5, 0.6) is 5.75 Å². The van der Waals surface area contributed by atoms with Gasteiger partial charge in [-0.25, -0.2) is 9.37 Å². The number of rotatable bonds is 8. The molecule has 0 aliphatic carbocycles. The van der Waals surface area contributed by atoms with Crippen molar-refractivity contribution in [2.24, 2.45) is 5.73 Å². The minimum atomic E-state index is -0.791. The molecule has 3 aromatic rings. The number of hydrogen-bond acceptors (Lipinski definition) is 8. The molecule has 4 rings (SSSR count). The third kappa shape index (κ3) is 5.72. The van der Waals surface area contributed by atoms with Crippen LogP contribution in [0, 0.1) is 12.7 Å². The number of methoxy groups -OCH3 is 1. The summed E-state index contributed by atoms with van der Waals surface area (Å²) in [6.45, 7) is 7.42. The molecule has 1 aliphatic heterocycles. The second kappa shape index (κ2) is 10.1. The van der Waals surface area contributed by atoms with E-state index in [2.05, 4.69) is 25.5 Å². The maximum absolute atomic E-state index is 14.4. The number of nitrogens with two attached hydrogens (primary N) is 1. The molecule has 2 heterocycles. The molecule has 1 aliphatic rings. The van der Waals surface area contributed by atoms with Crippen LogP contribution in [0.4, 0.5) is 27.5 Å². The van der Waals surface area contributed by atoms with E-state index in [1.165, 1.54) is 17.8 Å². The van der Waals surface area contributed by atoms with Gasteiger partial charge in [0.2, 0.25) is 5.95 Å². The highest BCUT2D eigenvalue weighted by atomic mass is 19.1. The molecule has 9 nitrogen and oxygen atoms in total. The normalized spacial score (nSPS) is 13.7. The van der Waals surface area contributed by atoms with Crippen LogP contribution in [0.25, 0.3) is 0 Å². The molecule has 0 saturated carbocycles. The number of aryl methyl sites for hydroxylation is 1. The molecule has 5 N–H and O–H groups in total. The van der Waals surface area contributed by atoms with E-state index in [1.807, 2.05) is 12.1 Å². The van der Waals surface area contributed by atoms with Crippen LogP contribution in [-0.4, -0.2) is 51.7 Å². The van der Waals surface area contributed by atoms with Gasteiger partial charge >= 0.3 is 0 Å². The zero-order valence-corrected chi connectivity index (χ0v) is 20.9. The highest BCUT2D eigenvalue weighted by Gasteiger charge is 2.24. The van der Waals surface area contributed by atoms with Gasteiger partial charge in [0.05, 0.1) is 24.1 Å². The first-order valence-corrected chi connectivity index (χ1v) is 11.6. The Morgan fingerprint density at radius 3 is 2.72 bits per heavy atom. The van der Waals surface area contributed by atoms with Gasteiger partial charge in [-0.2, -0.15) is 4.98 Å². The number of β-amino-alcohol motifs (C(OH)–C–C–N with tert-alkyl or cyclic N) is 1. The van der Waals surface area contributed by atoms with Gasteiger partial charge in [0, 0.05) is 25.8 Å². The molecule has 0 atom stereocenters. The summed E-state index contributed by atoms with van der Waals surface area (Å²) < 4.78 is 20.0. The molecule has 10 heteroatoms. The topological polar surface area (TPSA) is 126 Å². The van der Waals surface area contributed by atoms with Crippen LogP contribution in [-0.2, 0) is 13.0 Å². The standard InChI is InChI=1S/C26H31FN6O3/c1-15-6-5-7-19(27)22(15)31-24-18(23(28)34)12-29-25(32-24)30-20-10-17-13-33(14-26(2,3)35)9-8-16(17)11-21(20)36-4/h5-7,10-12,35H,8-9,13-14H2,1-4H3,(H2,28,34)(H2,29,30,31,32). The Hall–Kier alpha value is -3.76. The fraction of sp³-hybridized carbons (Fsp3) is 0.346. The number of carbonyl (C=O) groups excluding carboxylic acids is 1.